The summed E-state index contributed by atoms with van der Waals surface area (Å²) in [6.07, 6.45) is 24.0. The van der Waals surface area contributed by atoms with Crippen molar-refractivity contribution in [3.63, 3.8) is 0 Å². The summed E-state index contributed by atoms with van der Waals surface area (Å²) in [6.45, 7) is 5.25. The molecule has 0 N–H and O–H groups in total. The molecule has 0 aromatic heterocycles. The number of carbonyl (C=O) groups excluding carboxylic acids is 1. The zero-order chi connectivity index (χ0) is 27.5. The van der Waals surface area contributed by atoms with Crippen LogP contribution in [-0.2, 0) is 6.42 Å². The van der Waals surface area contributed by atoms with Gasteiger partial charge >= 0.3 is 5.97 Å². The van der Waals surface area contributed by atoms with E-state index in [-0.39, 0.29) is 5.97 Å². The second kappa shape index (κ2) is 18.9. The Bertz CT molecular complexity index is 894. The monoisotopic (exact) mass is 534 g/mol. The number of rotatable bonds is 19. The van der Waals surface area contributed by atoms with Crippen LogP contribution >= 0.6 is 0 Å². The van der Waals surface area contributed by atoms with Gasteiger partial charge in [0.1, 0.15) is 11.5 Å². The standard InChI is InChI=1S/C36H54O3/c1-3-5-7-9-11-13-29-38-34-27-23-33(24-28-34)36(37)39-35-25-21-32(22-26-35)20-19-31-17-15-30(16-18-31)14-12-10-8-6-4-2/h21-28,30-31H,3-20,29H2,1-2H3/t30-,31-. The Hall–Kier alpha value is -2.29. The molecule has 0 atom stereocenters. The molecule has 0 heterocycles. The normalized spacial score (nSPS) is 17.2. The fraction of sp³-hybridized carbons (Fsp3) is 0.639. The summed E-state index contributed by atoms with van der Waals surface area (Å²) in [5.41, 5.74) is 1.88. The van der Waals surface area contributed by atoms with E-state index in [2.05, 4.69) is 26.0 Å². The van der Waals surface area contributed by atoms with Crippen molar-refractivity contribution in [3.8, 4) is 11.5 Å². The van der Waals surface area contributed by atoms with Crippen molar-refractivity contribution >= 4 is 5.97 Å². The summed E-state index contributed by atoms with van der Waals surface area (Å²) in [6, 6.07) is 15.4. The zero-order valence-electron chi connectivity index (χ0n) is 24.9. The van der Waals surface area contributed by atoms with Gasteiger partial charge in [-0.1, -0.05) is 122 Å². The number of ether oxygens (including phenoxy) is 2. The molecule has 0 unspecified atom stereocenters. The van der Waals surface area contributed by atoms with Crippen LogP contribution in [0.4, 0.5) is 0 Å². The van der Waals surface area contributed by atoms with Gasteiger partial charge < -0.3 is 9.47 Å². The number of hydrogen-bond donors (Lipinski definition) is 0. The Morgan fingerprint density at radius 3 is 1.82 bits per heavy atom. The van der Waals surface area contributed by atoms with Gasteiger partial charge in [0.2, 0.25) is 0 Å². The van der Waals surface area contributed by atoms with Gasteiger partial charge in [0.05, 0.1) is 12.2 Å². The van der Waals surface area contributed by atoms with E-state index >= 15 is 0 Å². The second-order valence-corrected chi connectivity index (χ2v) is 11.8. The lowest BCUT2D eigenvalue weighted by Gasteiger charge is -2.28. The number of benzene rings is 2. The van der Waals surface area contributed by atoms with E-state index in [4.69, 9.17) is 9.47 Å². The lowest BCUT2D eigenvalue weighted by molar-refractivity contribution is 0.0734. The third kappa shape index (κ3) is 12.6. The molecule has 3 nitrogen and oxygen atoms in total. The summed E-state index contributed by atoms with van der Waals surface area (Å²) in [5, 5.41) is 0. The second-order valence-electron chi connectivity index (χ2n) is 11.8. The van der Waals surface area contributed by atoms with Crippen molar-refractivity contribution in [1.29, 1.82) is 0 Å². The number of esters is 1. The Morgan fingerprint density at radius 2 is 1.18 bits per heavy atom. The van der Waals surface area contributed by atoms with Crippen molar-refractivity contribution in [2.75, 3.05) is 6.61 Å². The van der Waals surface area contributed by atoms with Gasteiger partial charge in [-0.15, -0.1) is 0 Å². The van der Waals surface area contributed by atoms with Crippen LogP contribution in [0.1, 0.15) is 139 Å². The van der Waals surface area contributed by atoms with E-state index in [1.54, 1.807) is 12.1 Å². The predicted octanol–water partition coefficient (Wildman–Crippen LogP) is 10.7. The third-order valence-corrected chi connectivity index (χ3v) is 8.51. The first-order chi connectivity index (χ1) is 19.2. The van der Waals surface area contributed by atoms with Gasteiger partial charge in [0, 0.05) is 0 Å². The van der Waals surface area contributed by atoms with Crippen molar-refractivity contribution in [1.82, 2.24) is 0 Å². The molecular formula is C36H54O3. The van der Waals surface area contributed by atoms with E-state index in [1.165, 1.54) is 108 Å². The molecule has 1 fully saturated rings. The van der Waals surface area contributed by atoms with Crippen molar-refractivity contribution in [2.45, 2.75) is 129 Å². The highest BCUT2D eigenvalue weighted by Gasteiger charge is 2.20. The van der Waals surface area contributed by atoms with E-state index < -0.39 is 0 Å². The van der Waals surface area contributed by atoms with Crippen molar-refractivity contribution < 1.29 is 14.3 Å². The van der Waals surface area contributed by atoms with Crippen LogP contribution in [0, 0.1) is 11.8 Å². The van der Waals surface area contributed by atoms with Crippen molar-refractivity contribution in [3.05, 3.63) is 59.7 Å². The molecule has 39 heavy (non-hydrogen) atoms. The van der Waals surface area contributed by atoms with Crippen LogP contribution < -0.4 is 9.47 Å². The number of hydrogen-bond acceptors (Lipinski definition) is 3. The fourth-order valence-corrected chi connectivity index (χ4v) is 5.87. The molecule has 1 aliphatic rings. The highest BCUT2D eigenvalue weighted by Crippen LogP contribution is 2.34. The number of aryl methyl sites for hydroxylation is 1. The van der Waals surface area contributed by atoms with Gasteiger partial charge in [0.25, 0.3) is 0 Å². The lowest BCUT2D eigenvalue weighted by atomic mass is 9.78. The van der Waals surface area contributed by atoms with Gasteiger partial charge in [-0.05, 0) is 73.1 Å². The minimum absolute atomic E-state index is 0.327. The maximum Gasteiger partial charge on any atom is 0.343 e. The first-order valence-corrected chi connectivity index (χ1v) is 16.2. The average Bonchev–Trinajstić information content (AvgIpc) is 2.97. The molecule has 0 aliphatic heterocycles. The van der Waals surface area contributed by atoms with Crippen LogP contribution in [0.25, 0.3) is 0 Å². The highest BCUT2D eigenvalue weighted by atomic mass is 16.5. The van der Waals surface area contributed by atoms with E-state index in [9.17, 15) is 4.79 Å². The Kier molecular flexibility index (Phi) is 15.1. The first kappa shape index (κ1) is 31.2. The average molecular weight is 535 g/mol. The summed E-state index contributed by atoms with van der Waals surface area (Å²) < 4.78 is 11.4. The molecule has 3 rings (SSSR count). The molecule has 1 aliphatic carbocycles. The van der Waals surface area contributed by atoms with Crippen LogP contribution in [0.5, 0.6) is 11.5 Å². The molecule has 0 spiro atoms. The van der Waals surface area contributed by atoms with Gasteiger partial charge in [-0.25, -0.2) is 4.79 Å². The predicted molar refractivity (Wildman–Crippen MR) is 164 cm³/mol. The molecule has 216 valence electrons. The Balaban J connectivity index is 1.30. The molecule has 3 heteroatoms. The molecule has 0 amide bonds. The first-order valence-electron chi connectivity index (χ1n) is 16.2. The van der Waals surface area contributed by atoms with Crippen LogP contribution in [0.2, 0.25) is 0 Å². The quantitative estimate of drug-likeness (QED) is 0.102. The molecule has 0 bridgehead atoms. The maximum atomic E-state index is 12.6. The van der Waals surface area contributed by atoms with Crippen LogP contribution in [0.3, 0.4) is 0 Å². The Morgan fingerprint density at radius 1 is 0.641 bits per heavy atom. The van der Waals surface area contributed by atoms with Crippen LogP contribution in [0.15, 0.2) is 48.5 Å². The maximum absolute atomic E-state index is 12.6. The molecule has 1 saturated carbocycles. The third-order valence-electron chi connectivity index (χ3n) is 8.51. The van der Waals surface area contributed by atoms with Gasteiger partial charge in [-0.2, -0.15) is 0 Å². The Labute approximate surface area is 239 Å². The highest BCUT2D eigenvalue weighted by molar-refractivity contribution is 5.91. The van der Waals surface area contributed by atoms with Crippen molar-refractivity contribution in [2.24, 2.45) is 11.8 Å². The zero-order valence-corrected chi connectivity index (χ0v) is 24.9. The number of carbonyl (C=O) groups is 1. The summed E-state index contributed by atoms with van der Waals surface area (Å²) in [5.74, 6) is 2.93. The smallest absolute Gasteiger partial charge is 0.343 e. The largest absolute Gasteiger partial charge is 0.494 e. The fourth-order valence-electron chi connectivity index (χ4n) is 5.87. The van der Waals surface area contributed by atoms with E-state index in [0.717, 1.165) is 37.0 Å². The van der Waals surface area contributed by atoms with Crippen LogP contribution in [-0.4, -0.2) is 12.6 Å². The molecule has 2 aromatic carbocycles. The van der Waals surface area contributed by atoms with E-state index in [1.807, 2.05) is 24.3 Å². The molecular weight excluding hydrogens is 480 g/mol. The van der Waals surface area contributed by atoms with E-state index in [0.29, 0.717) is 11.3 Å². The minimum Gasteiger partial charge on any atom is -0.494 e. The van der Waals surface area contributed by atoms with Gasteiger partial charge in [-0.3, -0.25) is 0 Å². The topological polar surface area (TPSA) is 35.5 Å². The summed E-state index contributed by atoms with van der Waals surface area (Å²) in [4.78, 5) is 12.6. The number of unbranched alkanes of at least 4 members (excludes halogenated alkanes) is 9. The molecule has 0 radical (unpaired) electrons. The lowest BCUT2D eigenvalue weighted by Crippen LogP contribution is -2.15. The molecule has 0 saturated heterocycles. The molecule has 2 aromatic rings. The summed E-state index contributed by atoms with van der Waals surface area (Å²) >= 11 is 0. The minimum atomic E-state index is -0.327. The summed E-state index contributed by atoms with van der Waals surface area (Å²) in [7, 11) is 0. The van der Waals surface area contributed by atoms with Gasteiger partial charge in [0.15, 0.2) is 0 Å². The SMILES string of the molecule is CCCCCCCCOc1ccc(C(=O)Oc2ccc(CC[C@H]3CC[C@H](CCCCCCC)CC3)cc2)cc1.